The van der Waals surface area contributed by atoms with E-state index in [1.54, 1.807) is 0 Å². The average Bonchev–Trinajstić information content (AvgIpc) is 2.79. The van der Waals surface area contributed by atoms with Crippen LogP contribution in [0.2, 0.25) is 0 Å². The molecule has 10 heteroatoms. The summed E-state index contributed by atoms with van der Waals surface area (Å²) in [5.41, 5.74) is 0.924. The second-order valence-electron chi connectivity index (χ2n) is 6.46. The van der Waals surface area contributed by atoms with Gasteiger partial charge in [-0.15, -0.1) is 0 Å². The van der Waals surface area contributed by atoms with Crippen molar-refractivity contribution in [3.63, 3.8) is 0 Å². The zero-order valence-electron chi connectivity index (χ0n) is 14.6. The molecule has 1 aromatic rings. The van der Waals surface area contributed by atoms with E-state index in [1.807, 2.05) is 0 Å². The highest BCUT2D eigenvalue weighted by atomic mass is 19.4. The first-order valence-corrected chi connectivity index (χ1v) is 8.28. The van der Waals surface area contributed by atoms with E-state index >= 15 is 0 Å². The van der Waals surface area contributed by atoms with E-state index in [0.717, 1.165) is 4.68 Å². The Balaban J connectivity index is 2.07. The van der Waals surface area contributed by atoms with Crippen molar-refractivity contribution >= 4 is 11.9 Å². The molecule has 2 rings (SSSR count). The summed E-state index contributed by atoms with van der Waals surface area (Å²) in [6, 6.07) is -1.09. The van der Waals surface area contributed by atoms with Gasteiger partial charge in [0.1, 0.15) is 12.6 Å². The normalized spacial score (nSPS) is 19.2. The zero-order valence-corrected chi connectivity index (χ0v) is 14.6. The third kappa shape index (κ3) is 5.20. The van der Waals surface area contributed by atoms with E-state index in [0.29, 0.717) is 30.7 Å². The highest BCUT2D eigenvalue weighted by Gasteiger charge is 2.33. The fraction of sp³-hybridized carbons (Fsp3) is 0.688. The summed E-state index contributed by atoms with van der Waals surface area (Å²) in [5.74, 6) is -2.06. The van der Waals surface area contributed by atoms with Gasteiger partial charge in [0.2, 0.25) is 5.91 Å². The number of hydrogen-bond donors (Lipinski definition) is 2. The topological polar surface area (TPSA) is 93.5 Å². The van der Waals surface area contributed by atoms with Crippen LogP contribution in [0, 0.1) is 19.8 Å². The minimum atomic E-state index is -4.42. The Morgan fingerprint density at radius 3 is 2.65 bits per heavy atom. The first-order valence-electron chi connectivity index (χ1n) is 8.28. The maximum atomic E-state index is 12.6. The Morgan fingerprint density at radius 1 is 1.42 bits per heavy atom. The molecule has 2 atom stereocenters. The number of halogens is 3. The summed E-state index contributed by atoms with van der Waals surface area (Å²) in [4.78, 5) is 23.8. The van der Waals surface area contributed by atoms with Gasteiger partial charge in [-0.25, -0.2) is 4.79 Å². The Labute approximate surface area is 148 Å². The standard InChI is InChI=1S/C16H22F3N3O4/c1-9-12(10(2)22(21-9)8-16(17,18)19)6-13(23)20-14(15(24)25)11-4-3-5-26-7-11/h11,14H,3-8H2,1-2H3,(H,20,23)(H,24,25). The molecule has 1 amide bonds. The fourth-order valence-electron chi connectivity index (χ4n) is 3.11. The van der Waals surface area contributed by atoms with Crippen molar-refractivity contribution in [1.82, 2.24) is 15.1 Å². The maximum Gasteiger partial charge on any atom is 0.408 e. The van der Waals surface area contributed by atoms with Gasteiger partial charge in [0, 0.05) is 23.8 Å². The van der Waals surface area contributed by atoms with Crippen molar-refractivity contribution in [2.45, 2.75) is 51.9 Å². The third-order valence-electron chi connectivity index (χ3n) is 4.45. The number of carbonyl (C=O) groups excluding carboxylic acids is 1. The van der Waals surface area contributed by atoms with E-state index < -0.39 is 30.6 Å². The summed E-state index contributed by atoms with van der Waals surface area (Å²) in [6.07, 6.45) is -3.31. The molecule has 0 radical (unpaired) electrons. The lowest BCUT2D eigenvalue weighted by Gasteiger charge is -2.28. The number of hydrogen-bond acceptors (Lipinski definition) is 4. The number of alkyl halides is 3. The van der Waals surface area contributed by atoms with Gasteiger partial charge in [-0.3, -0.25) is 9.48 Å². The van der Waals surface area contributed by atoms with Gasteiger partial charge < -0.3 is 15.2 Å². The van der Waals surface area contributed by atoms with Crippen LogP contribution in [-0.2, 0) is 27.3 Å². The smallest absolute Gasteiger partial charge is 0.408 e. The number of amides is 1. The highest BCUT2D eigenvalue weighted by molar-refractivity contribution is 5.85. The fourth-order valence-corrected chi connectivity index (χ4v) is 3.11. The summed E-state index contributed by atoms with van der Waals surface area (Å²) in [5, 5.41) is 15.7. The van der Waals surface area contributed by atoms with Crippen molar-refractivity contribution in [3.8, 4) is 0 Å². The highest BCUT2D eigenvalue weighted by Crippen LogP contribution is 2.22. The molecule has 2 unspecified atom stereocenters. The third-order valence-corrected chi connectivity index (χ3v) is 4.45. The molecule has 0 aromatic carbocycles. The first-order chi connectivity index (χ1) is 12.1. The summed E-state index contributed by atoms with van der Waals surface area (Å²) in [7, 11) is 0. The van der Waals surface area contributed by atoms with Gasteiger partial charge in [0.05, 0.1) is 18.7 Å². The lowest BCUT2D eigenvalue weighted by atomic mass is 9.93. The largest absolute Gasteiger partial charge is 0.480 e. The number of nitrogens with one attached hydrogen (secondary N) is 1. The van der Waals surface area contributed by atoms with E-state index in [9.17, 15) is 27.9 Å². The van der Waals surface area contributed by atoms with Crippen LogP contribution in [-0.4, -0.2) is 52.2 Å². The molecule has 7 nitrogen and oxygen atoms in total. The number of aromatic nitrogens is 2. The van der Waals surface area contributed by atoms with Crippen LogP contribution in [0.4, 0.5) is 13.2 Å². The minimum Gasteiger partial charge on any atom is -0.480 e. The number of nitrogens with zero attached hydrogens (tertiary/aromatic N) is 2. The molecule has 0 spiro atoms. The van der Waals surface area contributed by atoms with E-state index in [1.165, 1.54) is 13.8 Å². The van der Waals surface area contributed by atoms with Crippen molar-refractivity contribution in [3.05, 3.63) is 17.0 Å². The summed E-state index contributed by atoms with van der Waals surface area (Å²) in [6.45, 7) is 2.55. The maximum absolute atomic E-state index is 12.6. The second kappa shape index (κ2) is 8.07. The number of carboxylic acids is 1. The van der Waals surface area contributed by atoms with Crippen molar-refractivity contribution < 1.29 is 32.6 Å². The number of carboxylic acid groups (broad SMARTS) is 1. The molecule has 1 aliphatic heterocycles. The van der Waals surface area contributed by atoms with Gasteiger partial charge in [0.25, 0.3) is 0 Å². The van der Waals surface area contributed by atoms with Gasteiger partial charge in [-0.05, 0) is 26.7 Å². The number of rotatable bonds is 6. The van der Waals surface area contributed by atoms with Crippen LogP contribution < -0.4 is 5.32 Å². The van der Waals surface area contributed by atoms with Crippen LogP contribution in [0.5, 0.6) is 0 Å². The van der Waals surface area contributed by atoms with E-state index in [4.69, 9.17) is 4.74 Å². The predicted molar refractivity (Wildman–Crippen MR) is 84.6 cm³/mol. The molecule has 0 bridgehead atoms. The molecule has 0 saturated carbocycles. The Kier molecular flexibility index (Phi) is 6.27. The lowest BCUT2D eigenvalue weighted by Crippen LogP contribution is -2.48. The second-order valence-corrected chi connectivity index (χ2v) is 6.46. The molecular weight excluding hydrogens is 355 g/mol. The van der Waals surface area contributed by atoms with Gasteiger partial charge in [-0.1, -0.05) is 0 Å². The van der Waals surface area contributed by atoms with Gasteiger partial charge >= 0.3 is 12.1 Å². The van der Waals surface area contributed by atoms with Gasteiger partial charge in [0.15, 0.2) is 0 Å². The molecule has 2 N–H and O–H groups in total. The predicted octanol–water partition coefficient (Wildman–Crippen LogP) is 1.60. The Bertz CT molecular complexity index is 666. The van der Waals surface area contributed by atoms with Crippen molar-refractivity contribution in [2.75, 3.05) is 13.2 Å². The Morgan fingerprint density at radius 2 is 2.12 bits per heavy atom. The zero-order chi connectivity index (χ0) is 19.5. The summed E-state index contributed by atoms with van der Waals surface area (Å²) < 4.78 is 43.8. The lowest BCUT2D eigenvalue weighted by molar-refractivity contribution is -0.145. The van der Waals surface area contributed by atoms with Crippen molar-refractivity contribution in [1.29, 1.82) is 0 Å². The Hall–Kier alpha value is -2.10. The number of aryl methyl sites for hydroxylation is 1. The van der Waals surface area contributed by atoms with Crippen LogP contribution in [0.1, 0.15) is 29.8 Å². The molecule has 1 aliphatic rings. The monoisotopic (exact) mass is 377 g/mol. The molecule has 146 valence electrons. The number of ether oxygens (including phenoxy) is 1. The number of carbonyl (C=O) groups is 2. The quantitative estimate of drug-likeness (QED) is 0.786. The average molecular weight is 377 g/mol. The van der Waals surface area contributed by atoms with Crippen LogP contribution in [0.25, 0.3) is 0 Å². The SMILES string of the molecule is Cc1nn(CC(F)(F)F)c(C)c1CC(=O)NC(C(=O)O)C1CCCOC1. The minimum absolute atomic E-state index is 0.229. The summed E-state index contributed by atoms with van der Waals surface area (Å²) >= 11 is 0. The van der Waals surface area contributed by atoms with E-state index in [2.05, 4.69) is 10.4 Å². The van der Waals surface area contributed by atoms with Crippen molar-refractivity contribution in [2.24, 2.45) is 5.92 Å². The molecular formula is C16H22F3N3O4. The van der Waals surface area contributed by atoms with Crippen LogP contribution in [0.15, 0.2) is 0 Å². The molecule has 1 fully saturated rings. The van der Waals surface area contributed by atoms with E-state index in [-0.39, 0.29) is 24.6 Å². The molecule has 1 aromatic heterocycles. The molecule has 26 heavy (non-hydrogen) atoms. The van der Waals surface area contributed by atoms with Gasteiger partial charge in [-0.2, -0.15) is 18.3 Å². The molecule has 1 saturated heterocycles. The number of aliphatic carboxylic acids is 1. The van der Waals surface area contributed by atoms with Crippen LogP contribution in [0.3, 0.4) is 0 Å². The first kappa shape index (κ1) is 20.2. The molecule has 0 aliphatic carbocycles. The molecule has 2 heterocycles. The van der Waals surface area contributed by atoms with Crippen LogP contribution >= 0.6 is 0 Å².